The first-order valence-corrected chi connectivity index (χ1v) is 9.17. The lowest BCUT2D eigenvalue weighted by Crippen LogP contribution is -2.38. The molecule has 0 aliphatic heterocycles. The van der Waals surface area contributed by atoms with Crippen LogP contribution in [0, 0.1) is 11.8 Å². The fraction of sp³-hybridized carbons (Fsp3) is 0.526. The SMILES string of the molecule is Cn1c(CNC(=O)[C@H](CC2CCCC2)CN(O)C=O)nc2ccccc21. The van der Waals surface area contributed by atoms with E-state index >= 15 is 0 Å². The van der Waals surface area contributed by atoms with E-state index in [0.717, 1.165) is 29.7 Å². The van der Waals surface area contributed by atoms with Crippen LogP contribution in [0.3, 0.4) is 0 Å². The van der Waals surface area contributed by atoms with Crippen molar-refractivity contribution in [3.05, 3.63) is 30.1 Å². The zero-order valence-corrected chi connectivity index (χ0v) is 15.1. The Kier molecular flexibility index (Phi) is 5.88. The molecule has 1 fully saturated rings. The van der Waals surface area contributed by atoms with E-state index < -0.39 is 5.92 Å². The minimum absolute atomic E-state index is 0.0222. The average Bonchev–Trinajstić information content (AvgIpc) is 3.27. The predicted octanol–water partition coefficient (Wildman–Crippen LogP) is 2.23. The van der Waals surface area contributed by atoms with Gasteiger partial charge in [-0.25, -0.2) is 10.0 Å². The monoisotopic (exact) mass is 358 g/mol. The van der Waals surface area contributed by atoms with Crippen molar-refractivity contribution in [2.75, 3.05) is 6.54 Å². The highest BCUT2D eigenvalue weighted by Gasteiger charge is 2.27. The lowest BCUT2D eigenvalue weighted by atomic mass is 9.92. The van der Waals surface area contributed by atoms with E-state index in [2.05, 4.69) is 10.3 Å². The molecule has 0 radical (unpaired) electrons. The molecule has 2 amide bonds. The molecule has 0 bridgehead atoms. The molecule has 1 saturated carbocycles. The molecule has 140 valence electrons. The second-order valence-corrected chi connectivity index (χ2v) is 7.10. The number of para-hydroxylation sites is 2. The molecular weight excluding hydrogens is 332 g/mol. The number of hydrogen-bond acceptors (Lipinski definition) is 4. The zero-order valence-electron chi connectivity index (χ0n) is 15.1. The Morgan fingerprint density at radius 2 is 2.15 bits per heavy atom. The third kappa shape index (κ3) is 4.22. The first kappa shape index (κ1) is 18.4. The molecule has 1 aromatic heterocycles. The largest absolute Gasteiger partial charge is 0.349 e. The number of hydrogen-bond donors (Lipinski definition) is 2. The molecule has 1 aliphatic carbocycles. The number of hydroxylamine groups is 2. The minimum atomic E-state index is -0.414. The zero-order chi connectivity index (χ0) is 18.5. The molecule has 1 atom stereocenters. The fourth-order valence-electron chi connectivity index (χ4n) is 3.85. The molecular formula is C19H26N4O3. The summed E-state index contributed by atoms with van der Waals surface area (Å²) in [5, 5.41) is 13.0. The predicted molar refractivity (Wildman–Crippen MR) is 97.2 cm³/mol. The molecule has 7 nitrogen and oxygen atoms in total. The maximum Gasteiger partial charge on any atom is 0.233 e. The molecule has 1 aromatic carbocycles. The van der Waals surface area contributed by atoms with Crippen molar-refractivity contribution in [3.63, 3.8) is 0 Å². The smallest absolute Gasteiger partial charge is 0.233 e. The topological polar surface area (TPSA) is 87.5 Å². The number of rotatable bonds is 8. The second-order valence-electron chi connectivity index (χ2n) is 7.10. The highest BCUT2D eigenvalue weighted by atomic mass is 16.5. The normalized spacial score (nSPS) is 15.9. The van der Waals surface area contributed by atoms with Crippen molar-refractivity contribution in [1.29, 1.82) is 0 Å². The number of nitrogens with zero attached hydrogens (tertiary/aromatic N) is 3. The van der Waals surface area contributed by atoms with Gasteiger partial charge in [-0.1, -0.05) is 37.8 Å². The number of aromatic nitrogens is 2. The van der Waals surface area contributed by atoms with Gasteiger partial charge in [-0.3, -0.25) is 14.8 Å². The number of carbonyl (C=O) groups excluding carboxylic acids is 2. The van der Waals surface area contributed by atoms with E-state index in [-0.39, 0.29) is 12.5 Å². The van der Waals surface area contributed by atoms with Crippen molar-refractivity contribution in [2.24, 2.45) is 18.9 Å². The van der Waals surface area contributed by atoms with Gasteiger partial charge in [-0.15, -0.1) is 0 Å². The van der Waals surface area contributed by atoms with Crippen LogP contribution in [-0.2, 0) is 23.2 Å². The van der Waals surface area contributed by atoms with Crippen molar-refractivity contribution in [2.45, 2.75) is 38.6 Å². The van der Waals surface area contributed by atoms with E-state index in [1.54, 1.807) is 0 Å². The Morgan fingerprint density at radius 3 is 2.85 bits per heavy atom. The lowest BCUT2D eigenvalue weighted by Gasteiger charge is -2.22. The Labute approximate surface area is 153 Å². The first-order chi connectivity index (χ1) is 12.6. The second kappa shape index (κ2) is 8.31. The Balaban J connectivity index is 1.65. The van der Waals surface area contributed by atoms with E-state index in [0.29, 0.717) is 30.4 Å². The van der Waals surface area contributed by atoms with Gasteiger partial charge in [0.2, 0.25) is 12.3 Å². The molecule has 7 heteroatoms. The summed E-state index contributed by atoms with van der Waals surface area (Å²) in [6.45, 7) is 0.339. The number of carbonyl (C=O) groups is 2. The van der Waals surface area contributed by atoms with Crippen LogP contribution in [-0.4, -0.2) is 38.7 Å². The summed E-state index contributed by atoms with van der Waals surface area (Å²) in [7, 11) is 1.93. The number of fused-ring (bicyclic) bond motifs is 1. The summed E-state index contributed by atoms with van der Waals surface area (Å²) in [4.78, 5) is 28.0. The summed E-state index contributed by atoms with van der Waals surface area (Å²) in [5.74, 6) is 0.699. The lowest BCUT2D eigenvalue weighted by molar-refractivity contribution is -0.155. The van der Waals surface area contributed by atoms with Gasteiger partial charge < -0.3 is 9.88 Å². The average molecular weight is 358 g/mol. The van der Waals surface area contributed by atoms with Gasteiger partial charge in [0.05, 0.1) is 30.0 Å². The van der Waals surface area contributed by atoms with Crippen LogP contribution in [0.4, 0.5) is 0 Å². The van der Waals surface area contributed by atoms with Gasteiger partial charge in [0.1, 0.15) is 5.82 Å². The quantitative estimate of drug-likeness (QED) is 0.430. The van der Waals surface area contributed by atoms with E-state index in [1.165, 1.54) is 12.8 Å². The molecule has 1 heterocycles. The number of benzene rings is 1. The van der Waals surface area contributed by atoms with Crippen molar-refractivity contribution >= 4 is 23.4 Å². The van der Waals surface area contributed by atoms with Gasteiger partial charge in [0.25, 0.3) is 0 Å². The van der Waals surface area contributed by atoms with Gasteiger partial charge in [-0.05, 0) is 24.5 Å². The van der Waals surface area contributed by atoms with Crippen LogP contribution in [0.5, 0.6) is 0 Å². The standard InChI is InChI=1S/C19H26N4O3/c1-22-17-9-5-4-8-16(17)21-18(22)11-20-19(25)15(12-23(26)13-24)10-14-6-2-3-7-14/h4-5,8-9,13-15,26H,2-3,6-7,10-12H2,1H3,(H,20,25)/t15-/m1/s1. The maximum absolute atomic E-state index is 12.7. The minimum Gasteiger partial charge on any atom is -0.349 e. The molecule has 0 saturated heterocycles. The molecule has 0 spiro atoms. The molecule has 0 unspecified atom stereocenters. The highest BCUT2D eigenvalue weighted by molar-refractivity contribution is 5.79. The van der Waals surface area contributed by atoms with Crippen LogP contribution in [0.25, 0.3) is 11.0 Å². The number of imidazole rings is 1. The Hall–Kier alpha value is -2.41. The van der Waals surface area contributed by atoms with E-state index in [9.17, 15) is 14.8 Å². The summed E-state index contributed by atoms with van der Waals surface area (Å²) in [5.41, 5.74) is 1.91. The highest BCUT2D eigenvalue weighted by Crippen LogP contribution is 2.30. The maximum atomic E-state index is 12.7. The molecule has 26 heavy (non-hydrogen) atoms. The van der Waals surface area contributed by atoms with Crippen LogP contribution in [0.1, 0.15) is 37.9 Å². The summed E-state index contributed by atoms with van der Waals surface area (Å²) >= 11 is 0. The van der Waals surface area contributed by atoms with Gasteiger partial charge in [0, 0.05) is 7.05 Å². The van der Waals surface area contributed by atoms with Crippen molar-refractivity contribution < 1.29 is 14.8 Å². The van der Waals surface area contributed by atoms with Gasteiger partial charge in [0.15, 0.2) is 0 Å². The van der Waals surface area contributed by atoms with Crippen molar-refractivity contribution in [3.8, 4) is 0 Å². The fourth-order valence-corrected chi connectivity index (χ4v) is 3.85. The van der Waals surface area contributed by atoms with Crippen LogP contribution >= 0.6 is 0 Å². The summed E-state index contributed by atoms with van der Waals surface area (Å²) in [6, 6.07) is 7.82. The Bertz CT molecular complexity index is 767. The number of amides is 2. The van der Waals surface area contributed by atoms with Crippen LogP contribution in [0.2, 0.25) is 0 Å². The molecule has 3 rings (SSSR count). The van der Waals surface area contributed by atoms with Gasteiger partial charge in [-0.2, -0.15) is 0 Å². The van der Waals surface area contributed by atoms with E-state index in [4.69, 9.17) is 0 Å². The van der Waals surface area contributed by atoms with Gasteiger partial charge >= 0.3 is 0 Å². The van der Waals surface area contributed by atoms with Crippen LogP contribution < -0.4 is 5.32 Å². The number of nitrogens with one attached hydrogen (secondary N) is 1. The van der Waals surface area contributed by atoms with Crippen molar-refractivity contribution in [1.82, 2.24) is 19.9 Å². The number of aryl methyl sites for hydroxylation is 1. The molecule has 2 N–H and O–H groups in total. The third-order valence-electron chi connectivity index (χ3n) is 5.29. The molecule has 1 aliphatic rings. The Morgan fingerprint density at radius 1 is 1.42 bits per heavy atom. The first-order valence-electron chi connectivity index (χ1n) is 9.17. The molecule has 2 aromatic rings. The van der Waals surface area contributed by atoms with E-state index in [1.807, 2.05) is 35.9 Å². The summed E-state index contributed by atoms with van der Waals surface area (Å²) in [6.07, 6.45) is 5.65. The third-order valence-corrected chi connectivity index (χ3v) is 5.29. The van der Waals surface area contributed by atoms with Crippen LogP contribution in [0.15, 0.2) is 24.3 Å². The summed E-state index contributed by atoms with van der Waals surface area (Å²) < 4.78 is 1.96.